The zero-order valence-corrected chi connectivity index (χ0v) is 7.93. The molecule has 0 amide bonds. The average Bonchev–Trinajstić information content (AvgIpc) is 2.67. The maximum atomic E-state index is 11.4. The number of carbonyl (C=O) groups excluding carboxylic acids is 2. The van der Waals surface area contributed by atoms with Gasteiger partial charge < -0.3 is 9.47 Å². The molecule has 4 nitrogen and oxygen atoms in total. The van der Waals surface area contributed by atoms with Gasteiger partial charge in [-0.15, -0.1) is 0 Å². The lowest BCUT2D eigenvalue weighted by Crippen LogP contribution is -2.35. The average molecular weight is 196 g/mol. The van der Waals surface area contributed by atoms with Crippen LogP contribution in [0.1, 0.15) is 19.8 Å². The van der Waals surface area contributed by atoms with E-state index in [-0.39, 0.29) is 30.1 Å². The second-order valence-electron chi connectivity index (χ2n) is 4.48. The number of esters is 2. The van der Waals surface area contributed by atoms with Crippen molar-refractivity contribution in [1.29, 1.82) is 0 Å². The summed E-state index contributed by atoms with van der Waals surface area (Å²) in [6, 6.07) is 0. The number of fused-ring (bicyclic) bond motifs is 1. The molecule has 1 saturated heterocycles. The Hall–Kier alpha value is -1.06. The SMILES string of the molecule is CC(=O)OC1C2CC3C(=O)OC1C3C2. The van der Waals surface area contributed by atoms with Crippen molar-refractivity contribution in [2.24, 2.45) is 17.8 Å². The molecule has 3 fully saturated rings. The molecule has 0 radical (unpaired) electrons. The van der Waals surface area contributed by atoms with Crippen LogP contribution in [0.15, 0.2) is 0 Å². The van der Waals surface area contributed by atoms with E-state index in [1.807, 2.05) is 0 Å². The summed E-state index contributed by atoms with van der Waals surface area (Å²) in [4.78, 5) is 22.2. The summed E-state index contributed by atoms with van der Waals surface area (Å²) < 4.78 is 10.4. The Balaban J connectivity index is 1.85. The van der Waals surface area contributed by atoms with Gasteiger partial charge in [-0.25, -0.2) is 0 Å². The third-order valence-electron chi connectivity index (χ3n) is 3.72. The molecular formula is C10H12O4. The van der Waals surface area contributed by atoms with Crippen molar-refractivity contribution >= 4 is 11.9 Å². The lowest BCUT2D eigenvalue weighted by Gasteiger charge is -2.24. The fourth-order valence-electron chi connectivity index (χ4n) is 3.26. The molecule has 76 valence electrons. The van der Waals surface area contributed by atoms with Crippen molar-refractivity contribution in [1.82, 2.24) is 0 Å². The topological polar surface area (TPSA) is 52.6 Å². The Morgan fingerprint density at radius 2 is 2.29 bits per heavy atom. The van der Waals surface area contributed by atoms with Gasteiger partial charge in [0.1, 0.15) is 12.2 Å². The molecular weight excluding hydrogens is 184 g/mol. The second kappa shape index (κ2) is 2.49. The van der Waals surface area contributed by atoms with Crippen LogP contribution < -0.4 is 0 Å². The van der Waals surface area contributed by atoms with Crippen LogP contribution in [-0.4, -0.2) is 24.1 Å². The lowest BCUT2D eigenvalue weighted by atomic mass is 9.88. The van der Waals surface area contributed by atoms with E-state index in [9.17, 15) is 9.59 Å². The van der Waals surface area contributed by atoms with Gasteiger partial charge in [-0.05, 0) is 12.8 Å². The molecule has 2 bridgehead atoms. The van der Waals surface area contributed by atoms with Gasteiger partial charge in [0.25, 0.3) is 0 Å². The summed E-state index contributed by atoms with van der Waals surface area (Å²) in [6.07, 6.45) is 1.52. The molecule has 5 unspecified atom stereocenters. The highest BCUT2D eigenvalue weighted by Gasteiger charge is 2.63. The van der Waals surface area contributed by atoms with E-state index < -0.39 is 0 Å². The summed E-state index contributed by atoms with van der Waals surface area (Å²) in [5.74, 6) is 0.401. The zero-order valence-electron chi connectivity index (χ0n) is 7.93. The van der Waals surface area contributed by atoms with E-state index >= 15 is 0 Å². The van der Waals surface area contributed by atoms with Crippen LogP contribution in [0.5, 0.6) is 0 Å². The van der Waals surface area contributed by atoms with Gasteiger partial charge in [-0.2, -0.15) is 0 Å². The van der Waals surface area contributed by atoms with E-state index in [4.69, 9.17) is 9.47 Å². The summed E-state index contributed by atoms with van der Waals surface area (Å²) in [7, 11) is 0. The van der Waals surface area contributed by atoms with Crippen LogP contribution in [0.2, 0.25) is 0 Å². The molecule has 1 heterocycles. The third kappa shape index (κ3) is 0.885. The Bertz CT molecular complexity index is 311. The molecule has 4 heteroatoms. The van der Waals surface area contributed by atoms with E-state index in [1.54, 1.807) is 0 Å². The quantitative estimate of drug-likeness (QED) is 0.573. The highest BCUT2D eigenvalue weighted by Crippen LogP contribution is 2.55. The normalized spacial score (nSPS) is 48.1. The highest BCUT2D eigenvalue weighted by molar-refractivity contribution is 5.77. The van der Waals surface area contributed by atoms with Gasteiger partial charge in [0.2, 0.25) is 0 Å². The first kappa shape index (κ1) is 8.26. The second-order valence-corrected chi connectivity index (χ2v) is 4.48. The summed E-state index contributed by atoms with van der Waals surface area (Å²) in [6.45, 7) is 1.40. The maximum absolute atomic E-state index is 11.4. The van der Waals surface area contributed by atoms with Crippen LogP contribution >= 0.6 is 0 Å². The minimum atomic E-state index is -0.276. The monoisotopic (exact) mass is 196 g/mol. The van der Waals surface area contributed by atoms with Crippen molar-refractivity contribution in [3.63, 3.8) is 0 Å². The van der Waals surface area contributed by atoms with E-state index in [0.29, 0.717) is 11.8 Å². The largest absolute Gasteiger partial charge is 0.458 e. The molecule has 2 saturated carbocycles. The molecule has 3 aliphatic rings. The van der Waals surface area contributed by atoms with Gasteiger partial charge >= 0.3 is 11.9 Å². The van der Waals surface area contributed by atoms with Crippen molar-refractivity contribution in [3.05, 3.63) is 0 Å². The number of rotatable bonds is 1. The van der Waals surface area contributed by atoms with Gasteiger partial charge in [0.05, 0.1) is 5.92 Å². The van der Waals surface area contributed by atoms with Gasteiger partial charge in [-0.1, -0.05) is 0 Å². The summed E-state index contributed by atoms with van der Waals surface area (Å²) in [5, 5.41) is 0. The predicted molar refractivity (Wildman–Crippen MR) is 45.1 cm³/mol. The van der Waals surface area contributed by atoms with Crippen molar-refractivity contribution in [2.75, 3.05) is 0 Å². The molecule has 0 aromatic rings. The Kier molecular flexibility index (Phi) is 1.47. The summed E-state index contributed by atoms with van der Waals surface area (Å²) in [5.41, 5.74) is 0. The molecule has 0 aromatic heterocycles. The molecule has 14 heavy (non-hydrogen) atoms. The number of hydrogen-bond donors (Lipinski definition) is 0. The highest BCUT2D eigenvalue weighted by atomic mass is 16.6. The molecule has 1 aliphatic heterocycles. The molecule has 0 N–H and O–H groups in total. The van der Waals surface area contributed by atoms with E-state index in [1.165, 1.54) is 6.92 Å². The maximum Gasteiger partial charge on any atom is 0.309 e. The first-order chi connectivity index (χ1) is 6.66. The molecule has 3 rings (SSSR count). The number of carbonyl (C=O) groups is 2. The van der Waals surface area contributed by atoms with Gasteiger partial charge in [0.15, 0.2) is 0 Å². The first-order valence-corrected chi connectivity index (χ1v) is 5.04. The van der Waals surface area contributed by atoms with Crippen molar-refractivity contribution in [2.45, 2.75) is 32.0 Å². The fourth-order valence-corrected chi connectivity index (χ4v) is 3.26. The van der Waals surface area contributed by atoms with Crippen molar-refractivity contribution in [3.8, 4) is 0 Å². The third-order valence-corrected chi connectivity index (χ3v) is 3.72. The van der Waals surface area contributed by atoms with Crippen LogP contribution in [-0.2, 0) is 19.1 Å². The number of hydrogen-bond acceptors (Lipinski definition) is 4. The molecule has 5 atom stereocenters. The zero-order chi connectivity index (χ0) is 9.87. The number of ether oxygens (including phenoxy) is 2. The van der Waals surface area contributed by atoms with Crippen LogP contribution in [0.25, 0.3) is 0 Å². The fraction of sp³-hybridized carbons (Fsp3) is 0.800. The lowest BCUT2D eigenvalue weighted by molar-refractivity contribution is -0.159. The summed E-state index contributed by atoms with van der Waals surface area (Å²) >= 11 is 0. The Morgan fingerprint density at radius 1 is 1.50 bits per heavy atom. The molecule has 0 spiro atoms. The predicted octanol–water partition coefficient (Wildman–Crippen LogP) is 0.499. The van der Waals surface area contributed by atoms with Crippen LogP contribution in [0, 0.1) is 17.8 Å². The molecule has 0 aromatic carbocycles. The van der Waals surface area contributed by atoms with Crippen LogP contribution in [0.4, 0.5) is 0 Å². The molecule has 2 aliphatic carbocycles. The Morgan fingerprint density at radius 3 is 3.00 bits per heavy atom. The first-order valence-electron chi connectivity index (χ1n) is 5.04. The smallest absolute Gasteiger partial charge is 0.309 e. The van der Waals surface area contributed by atoms with Gasteiger partial charge in [-0.3, -0.25) is 9.59 Å². The van der Waals surface area contributed by atoms with E-state index in [2.05, 4.69) is 0 Å². The standard InChI is InChI=1S/C10H12O4/c1-4(11)13-8-5-2-6-7(3-5)10(12)14-9(6)8/h5-9H,2-3H2,1H3. The minimum Gasteiger partial charge on any atom is -0.458 e. The minimum absolute atomic E-state index is 0.0860. The van der Waals surface area contributed by atoms with Crippen LogP contribution in [0.3, 0.4) is 0 Å². The van der Waals surface area contributed by atoms with Crippen molar-refractivity contribution < 1.29 is 19.1 Å². The Labute approximate surface area is 81.6 Å². The van der Waals surface area contributed by atoms with Gasteiger partial charge in [0, 0.05) is 18.8 Å². The van der Waals surface area contributed by atoms with E-state index in [0.717, 1.165) is 12.8 Å².